The number of anilines is 2. The first-order valence-corrected chi connectivity index (χ1v) is 8.02. The Hall–Kier alpha value is -1.26. The average molecular weight is 292 g/mol. The van der Waals surface area contributed by atoms with E-state index < -0.39 is 0 Å². The van der Waals surface area contributed by atoms with Crippen LogP contribution < -0.4 is 10.2 Å². The summed E-state index contributed by atoms with van der Waals surface area (Å²) >= 11 is 0. The number of benzene rings is 1. The predicted octanol–water partition coefficient (Wildman–Crippen LogP) is 2.87. The molecule has 0 radical (unpaired) electrons. The summed E-state index contributed by atoms with van der Waals surface area (Å²) in [4.78, 5) is 2.17. The highest BCUT2D eigenvalue weighted by atomic mass is 16.5. The number of hydrogen-bond donors (Lipinski definition) is 2. The number of hydrogen-bond acceptors (Lipinski definition) is 4. The van der Waals surface area contributed by atoms with Crippen molar-refractivity contribution in [1.29, 1.82) is 0 Å². The summed E-state index contributed by atoms with van der Waals surface area (Å²) in [6, 6.07) is 9.09. The molecule has 1 aromatic carbocycles. The fourth-order valence-electron chi connectivity index (χ4n) is 3.04. The summed E-state index contributed by atoms with van der Waals surface area (Å²) in [5, 5.41) is 12.7. The fraction of sp³-hybridized carbons (Fsp3) is 0.647. The summed E-state index contributed by atoms with van der Waals surface area (Å²) in [5.41, 5.74) is 2.35. The zero-order valence-corrected chi connectivity index (χ0v) is 13.2. The van der Waals surface area contributed by atoms with Crippen LogP contribution in [0, 0.1) is 0 Å². The quantitative estimate of drug-likeness (QED) is 0.811. The minimum atomic E-state index is 0.191. The van der Waals surface area contributed by atoms with Crippen LogP contribution in [0.1, 0.15) is 32.6 Å². The van der Waals surface area contributed by atoms with Gasteiger partial charge in [-0.3, -0.25) is 0 Å². The third-order valence-electron chi connectivity index (χ3n) is 4.36. The molecule has 1 fully saturated rings. The SMILES string of the molecule is CCN(CCO)c1ccc(NC2CCC(OC)CC2)cc1. The van der Waals surface area contributed by atoms with Gasteiger partial charge < -0.3 is 20.1 Å². The maximum absolute atomic E-state index is 9.08. The van der Waals surface area contributed by atoms with Crippen molar-refractivity contribution in [2.45, 2.75) is 44.8 Å². The predicted molar refractivity (Wildman–Crippen MR) is 88.1 cm³/mol. The van der Waals surface area contributed by atoms with Crippen molar-refractivity contribution in [3.05, 3.63) is 24.3 Å². The van der Waals surface area contributed by atoms with Crippen molar-refractivity contribution < 1.29 is 9.84 Å². The van der Waals surface area contributed by atoms with Crippen molar-refractivity contribution >= 4 is 11.4 Å². The Kier molecular flexibility index (Phi) is 6.33. The summed E-state index contributed by atoms with van der Waals surface area (Å²) in [7, 11) is 1.81. The number of nitrogens with zero attached hydrogens (tertiary/aromatic N) is 1. The number of nitrogens with one attached hydrogen (secondary N) is 1. The number of aliphatic hydroxyl groups is 1. The van der Waals surface area contributed by atoms with Crippen molar-refractivity contribution in [2.75, 3.05) is 37.0 Å². The third-order valence-corrected chi connectivity index (χ3v) is 4.36. The van der Waals surface area contributed by atoms with E-state index in [1.54, 1.807) is 0 Å². The summed E-state index contributed by atoms with van der Waals surface area (Å²) in [6.45, 7) is 3.89. The topological polar surface area (TPSA) is 44.7 Å². The number of aliphatic hydroxyl groups excluding tert-OH is 1. The number of rotatable bonds is 7. The van der Waals surface area contributed by atoms with Gasteiger partial charge in [0.1, 0.15) is 0 Å². The van der Waals surface area contributed by atoms with Crippen LogP contribution in [0.15, 0.2) is 24.3 Å². The second-order valence-corrected chi connectivity index (χ2v) is 5.70. The van der Waals surface area contributed by atoms with Gasteiger partial charge in [-0.15, -0.1) is 0 Å². The fourth-order valence-corrected chi connectivity index (χ4v) is 3.04. The van der Waals surface area contributed by atoms with Crippen molar-refractivity contribution in [1.82, 2.24) is 0 Å². The third kappa shape index (κ3) is 4.61. The number of likely N-dealkylation sites (N-methyl/N-ethyl adjacent to an activating group) is 1. The Morgan fingerprint density at radius 2 is 1.86 bits per heavy atom. The largest absolute Gasteiger partial charge is 0.395 e. The maximum Gasteiger partial charge on any atom is 0.0606 e. The summed E-state index contributed by atoms with van der Waals surface area (Å²) < 4.78 is 5.41. The molecule has 0 saturated heterocycles. The van der Waals surface area contributed by atoms with Gasteiger partial charge in [-0.25, -0.2) is 0 Å². The standard InChI is InChI=1S/C17H28N2O2/c1-3-19(12-13-20)16-8-4-14(5-9-16)18-15-6-10-17(21-2)11-7-15/h4-5,8-9,15,17-18,20H,3,6-7,10-13H2,1-2H3. The molecule has 0 atom stereocenters. The molecule has 2 rings (SSSR count). The lowest BCUT2D eigenvalue weighted by molar-refractivity contribution is 0.0682. The first kappa shape index (κ1) is 16.1. The molecular weight excluding hydrogens is 264 g/mol. The molecule has 118 valence electrons. The van der Waals surface area contributed by atoms with Crippen molar-refractivity contribution in [3.8, 4) is 0 Å². The van der Waals surface area contributed by atoms with E-state index in [0.29, 0.717) is 18.7 Å². The summed E-state index contributed by atoms with van der Waals surface area (Å²) in [5.74, 6) is 0. The van der Waals surface area contributed by atoms with E-state index in [1.807, 2.05) is 7.11 Å². The van der Waals surface area contributed by atoms with Crippen LogP contribution in [0.25, 0.3) is 0 Å². The van der Waals surface area contributed by atoms with E-state index >= 15 is 0 Å². The first-order chi connectivity index (χ1) is 10.3. The van der Waals surface area contributed by atoms with Gasteiger partial charge in [-0.05, 0) is 56.9 Å². The molecule has 21 heavy (non-hydrogen) atoms. The molecule has 0 spiro atoms. The second-order valence-electron chi connectivity index (χ2n) is 5.70. The molecule has 0 amide bonds. The normalized spacial score (nSPS) is 22.0. The van der Waals surface area contributed by atoms with Gasteiger partial charge >= 0.3 is 0 Å². The van der Waals surface area contributed by atoms with Crippen LogP contribution in [0.2, 0.25) is 0 Å². The highest BCUT2D eigenvalue weighted by Gasteiger charge is 2.20. The van der Waals surface area contributed by atoms with Crippen LogP contribution in [0.4, 0.5) is 11.4 Å². The molecule has 1 aliphatic carbocycles. The average Bonchev–Trinajstić information content (AvgIpc) is 2.54. The first-order valence-electron chi connectivity index (χ1n) is 8.02. The van der Waals surface area contributed by atoms with E-state index in [1.165, 1.54) is 24.2 Å². The molecule has 0 heterocycles. The molecule has 2 N–H and O–H groups in total. The lowest BCUT2D eigenvalue weighted by Crippen LogP contribution is -2.29. The van der Waals surface area contributed by atoms with Crippen molar-refractivity contribution in [3.63, 3.8) is 0 Å². The van der Waals surface area contributed by atoms with E-state index in [0.717, 1.165) is 19.4 Å². The zero-order chi connectivity index (χ0) is 15.1. The molecule has 4 heteroatoms. The number of methoxy groups -OCH3 is 1. The minimum Gasteiger partial charge on any atom is -0.395 e. The van der Waals surface area contributed by atoms with Gasteiger partial charge in [0.25, 0.3) is 0 Å². The number of ether oxygens (including phenoxy) is 1. The Morgan fingerprint density at radius 3 is 2.38 bits per heavy atom. The van der Waals surface area contributed by atoms with Gasteiger partial charge in [-0.2, -0.15) is 0 Å². The molecule has 1 aromatic rings. The van der Waals surface area contributed by atoms with Gasteiger partial charge in [0.05, 0.1) is 12.7 Å². The lowest BCUT2D eigenvalue weighted by Gasteiger charge is -2.29. The minimum absolute atomic E-state index is 0.191. The molecule has 0 unspecified atom stereocenters. The molecule has 1 saturated carbocycles. The maximum atomic E-state index is 9.08. The molecule has 4 nitrogen and oxygen atoms in total. The Bertz CT molecular complexity index is 400. The molecule has 0 aliphatic heterocycles. The highest BCUT2D eigenvalue weighted by Crippen LogP contribution is 2.25. The van der Waals surface area contributed by atoms with Crippen LogP contribution in [0.5, 0.6) is 0 Å². The van der Waals surface area contributed by atoms with Crippen molar-refractivity contribution in [2.24, 2.45) is 0 Å². The van der Waals surface area contributed by atoms with Gasteiger partial charge in [0.2, 0.25) is 0 Å². The highest BCUT2D eigenvalue weighted by molar-refractivity contribution is 5.55. The van der Waals surface area contributed by atoms with Crippen LogP contribution in [-0.2, 0) is 4.74 Å². The van der Waals surface area contributed by atoms with Gasteiger partial charge in [0, 0.05) is 37.6 Å². The van der Waals surface area contributed by atoms with Crippen LogP contribution >= 0.6 is 0 Å². The lowest BCUT2D eigenvalue weighted by atomic mass is 9.93. The molecular formula is C17H28N2O2. The van der Waals surface area contributed by atoms with Gasteiger partial charge in [-0.1, -0.05) is 0 Å². The molecule has 0 aromatic heterocycles. The van der Waals surface area contributed by atoms with E-state index in [9.17, 15) is 0 Å². The van der Waals surface area contributed by atoms with E-state index in [4.69, 9.17) is 9.84 Å². The van der Waals surface area contributed by atoms with Crippen LogP contribution in [-0.4, -0.2) is 44.1 Å². The smallest absolute Gasteiger partial charge is 0.0606 e. The Morgan fingerprint density at radius 1 is 1.19 bits per heavy atom. The Balaban J connectivity index is 1.87. The van der Waals surface area contributed by atoms with E-state index in [2.05, 4.69) is 41.4 Å². The monoisotopic (exact) mass is 292 g/mol. The van der Waals surface area contributed by atoms with Crippen LogP contribution in [0.3, 0.4) is 0 Å². The summed E-state index contributed by atoms with van der Waals surface area (Å²) in [6.07, 6.45) is 5.08. The second kappa shape index (κ2) is 8.25. The van der Waals surface area contributed by atoms with Gasteiger partial charge in [0.15, 0.2) is 0 Å². The Labute approximate surface area is 128 Å². The molecule has 0 bridgehead atoms. The zero-order valence-electron chi connectivity index (χ0n) is 13.2. The van der Waals surface area contributed by atoms with E-state index in [-0.39, 0.29) is 6.61 Å². The molecule has 1 aliphatic rings.